The lowest BCUT2D eigenvalue weighted by Crippen LogP contribution is -2.64. The summed E-state index contributed by atoms with van der Waals surface area (Å²) in [5.41, 5.74) is 2.64. The van der Waals surface area contributed by atoms with Gasteiger partial charge in [0.2, 0.25) is 0 Å². The van der Waals surface area contributed by atoms with Crippen molar-refractivity contribution in [1.29, 1.82) is 0 Å². The molecule has 1 saturated carbocycles. The fourth-order valence-corrected chi connectivity index (χ4v) is 4.15. The molecule has 3 N–H and O–H groups in total. The van der Waals surface area contributed by atoms with Gasteiger partial charge in [-0.25, -0.2) is 0 Å². The molecule has 8 heteroatoms. The largest absolute Gasteiger partial charge is 0.481 e. The Hall–Kier alpha value is -2.22. The molecule has 1 unspecified atom stereocenters. The number of hydrogen-bond acceptors (Lipinski definition) is 6. The molecule has 0 aromatic heterocycles. The number of carbonyl (C=O) groups is 2. The van der Waals surface area contributed by atoms with E-state index in [0.717, 1.165) is 6.42 Å². The minimum Gasteiger partial charge on any atom is -0.481 e. The molecule has 2 rings (SSSR count). The third-order valence-corrected chi connectivity index (χ3v) is 5.50. The van der Waals surface area contributed by atoms with Crippen LogP contribution in [0.25, 0.3) is 0 Å². The summed E-state index contributed by atoms with van der Waals surface area (Å²) in [5.74, 6) is -2.70. The summed E-state index contributed by atoms with van der Waals surface area (Å²) in [6.07, 6.45) is 8.32. The molecule has 8 nitrogen and oxygen atoms in total. The Balaban J connectivity index is 2.51. The maximum absolute atomic E-state index is 12.7. The second-order valence-electron chi connectivity index (χ2n) is 8.39. The summed E-state index contributed by atoms with van der Waals surface area (Å²) >= 11 is 0. The van der Waals surface area contributed by atoms with E-state index in [1.54, 1.807) is 20.8 Å². The van der Waals surface area contributed by atoms with Crippen LogP contribution in [0.1, 0.15) is 52.9 Å². The van der Waals surface area contributed by atoms with Crippen LogP contribution in [-0.2, 0) is 14.3 Å². The predicted octanol–water partition coefficient (Wildman–Crippen LogP) is 2.45. The summed E-state index contributed by atoms with van der Waals surface area (Å²) < 4.78 is 5.42. The van der Waals surface area contributed by atoms with E-state index in [-0.39, 0.29) is 0 Å². The van der Waals surface area contributed by atoms with Crippen LogP contribution in [0.4, 0.5) is 0 Å². The number of nitrogens with two attached hydrogens (primary N) is 1. The zero-order valence-corrected chi connectivity index (χ0v) is 16.0. The van der Waals surface area contributed by atoms with Crippen molar-refractivity contribution in [1.82, 2.24) is 0 Å². The summed E-state index contributed by atoms with van der Waals surface area (Å²) in [5, 5.41) is 21.4. The van der Waals surface area contributed by atoms with E-state index in [4.69, 9.17) is 10.5 Å². The molecule has 0 amide bonds. The summed E-state index contributed by atoms with van der Waals surface area (Å²) in [4.78, 5) is 35.7. The van der Waals surface area contributed by atoms with Gasteiger partial charge in [0.25, 0.3) is 5.54 Å². The van der Waals surface area contributed by atoms with E-state index in [1.165, 1.54) is 24.3 Å². The normalized spacial score (nSPS) is 28.4. The second kappa shape index (κ2) is 7.42. The van der Waals surface area contributed by atoms with Crippen molar-refractivity contribution in [3.05, 3.63) is 34.4 Å². The first-order chi connectivity index (χ1) is 12.5. The van der Waals surface area contributed by atoms with Gasteiger partial charge in [0.1, 0.15) is 11.6 Å². The van der Waals surface area contributed by atoms with Crippen molar-refractivity contribution in [3.63, 3.8) is 0 Å². The van der Waals surface area contributed by atoms with E-state index in [9.17, 15) is 24.8 Å². The van der Waals surface area contributed by atoms with Crippen LogP contribution >= 0.6 is 0 Å². The lowest BCUT2D eigenvalue weighted by molar-refractivity contribution is -0.564. The van der Waals surface area contributed by atoms with Gasteiger partial charge in [-0.05, 0) is 45.8 Å². The number of nitro groups is 1. The molecule has 0 saturated heterocycles. The Kier molecular flexibility index (Phi) is 5.79. The molecule has 2 aliphatic rings. The quantitative estimate of drug-likeness (QED) is 0.324. The molecular formula is C19H28N2O6. The maximum Gasteiger partial charge on any atom is 0.324 e. The van der Waals surface area contributed by atoms with Gasteiger partial charge in [0.05, 0.1) is 11.3 Å². The van der Waals surface area contributed by atoms with Crippen LogP contribution < -0.4 is 5.73 Å². The van der Waals surface area contributed by atoms with Crippen molar-refractivity contribution in [2.45, 2.75) is 70.1 Å². The first-order valence-electron chi connectivity index (χ1n) is 9.20. The molecule has 1 atom stereocenters. The fraction of sp³-hybridized carbons (Fsp3) is 0.684. The molecule has 0 aliphatic heterocycles. The first kappa shape index (κ1) is 21.1. The minimum absolute atomic E-state index is 0.390. The fourth-order valence-electron chi connectivity index (χ4n) is 4.15. The zero-order chi connectivity index (χ0) is 20.5. The van der Waals surface area contributed by atoms with E-state index < -0.39 is 45.4 Å². The monoisotopic (exact) mass is 380 g/mol. The summed E-state index contributed by atoms with van der Waals surface area (Å²) in [6, 6.07) is -1.20. The Bertz CT molecular complexity index is 656. The third kappa shape index (κ3) is 3.90. The number of nitrogens with zero attached hydrogens (tertiary/aromatic N) is 1. The van der Waals surface area contributed by atoms with Gasteiger partial charge >= 0.3 is 11.9 Å². The van der Waals surface area contributed by atoms with Crippen LogP contribution in [0.5, 0.6) is 0 Å². The number of carbonyl (C=O) groups excluding carboxylic acids is 1. The highest BCUT2D eigenvalue weighted by molar-refractivity contribution is 5.78. The number of aliphatic carboxylic acids is 1. The van der Waals surface area contributed by atoms with E-state index >= 15 is 0 Å². The third-order valence-electron chi connectivity index (χ3n) is 5.50. The van der Waals surface area contributed by atoms with Crippen molar-refractivity contribution in [3.8, 4) is 0 Å². The highest BCUT2D eigenvalue weighted by Crippen LogP contribution is 2.51. The molecule has 0 bridgehead atoms. The lowest BCUT2D eigenvalue weighted by atomic mass is 9.56. The van der Waals surface area contributed by atoms with E-state index in [2.05, 4.69) is 0 Å². The van der Waals surface area contributed by atoms with Gasteiger partial charge in [-0.1, -0.05) is 31.4 Å². The Morgan fingerprint density at radius 1 is 1.22 bits per heavy atom. The van der Waals surface area contributed by atoms with Gasteiger partial charge in [0, 0.05) is 4.92 Å². The number of carboxylic acids is 1. The smallest absolute Gasteiger partial charge is 0.324 e. The standard InChI is InChI=1S/C19H28N2O6/c1-17(2,3)27-16(24)14(20)18(9-5-4-6-10-18)19(21(25)26)11-7-13(8-12-19)15(22)23/h7-8,11-14H,4-6,9-10,20H2,1-3H3,(H,22,23)/t13-,14?,19+. The van der Waals surface area contributed by atoms with Gasteiger partial charge in [0.15, 0.2) is 0 Å². The maximum atomic E-state index is 12.7. The number of hydrogen-bond donors (Lipinski definition) is 2. The Morgan fingerprint density at radius 3 is 2.15 bits per heavy atom. The van der Waals surface area contributed by atoms with Crippen LogP contribution in [0.15, 0.2) is 24.3 Å². The van der Waals surface area contributed by atoms with Crippen LogP contribution in [-0.4, -0.2) is 39.2 Å². The van der Waals surface area contributed by atoms with Gasteiger partial charge < -0.3 is 15.6 Å². The molecule has 27 heavy (non-hydrogen) atoms. The van der Waals surface area contributed by atoms with Crippen LogP contribution in [0.2, 0.25) is 0 Å². The van der Waals surface area contributed by atoms with E-state index in [1.807, 2.05) is 0 Å². The first-order valence-corrected chi connectivity index (χ1v) is 9.20. The molecule has 0 radical (unpaired) electrons. The number of carboxylic acid groups (broad SMARTS) is 1. The van der Waals surface area contributed by atoms with Crippen molar-refractivity contribution >= 4 is 11.9 Å². The van der Waals surface area contributed by atoms with Gasteiger partial charge in [-0.2, -0.15) is 0 Å². The van der Waals surface area contributed by atoms with Crippen molar-refractivity contribution < 1.29 is 24.4 Å². The molecule has 2 aliphatic carbocycles. The molecule has 0 spiro atoms. The molecule has 150 valence electrons. The predicted molar refractivity (Wildman–Crippen MR) is 98.5 cm³/mol. The van der Waals surface area contributed by atoms with Crippen molar-refractivity contribution in [2.24, 2.45) is 17.1 Å². The number of rotatable bonds is 5. The molecule has 0 heterocycles. The highest BCUT2D eigenvalue weighted by Gasteiger charge is 2.64. The van der Waals surface area contributed by atoms with Crippen LogP contribution in [0, 0.1) is 21.4 Å². The second-order valence-corrected chi connectivity index (χ2v) is 8.39. The summed E-state index contributed by atoms with van der Waals surface area (Å²) in [6.45, 7) is 5.14. The topological polar surface area (TPSA) is 133 Å². The number of esters is 1. The SMILES string of the molecule is CC(C)(C)OC(=O)C(N)C1([C@]2([N+](=O)[O-])C=C[C@@H](C(=O)O)C=C2)CCCCC1. The number of ether oxygens (including phenoxy) is 1. The molecule has 0 aromatic rings. The highest BCUT2D eigenvalue weighted by atomic mass is 16.6. The summed E-state index contributed by atoms with van der Waals surface area (Å²) in [7, 11) is 0. The molecular weight excluding hydrogens is 352 g/mol. The average molecular weight is 380 g/mol. The van der Waals surface area contributed by atoms with E-state index in [0.29, 0.717) is 25.7 Å². The molecule has 1 fully saturated rings. The van der Waals surface area contributed by atoms with Gasteiger partial charge in [-0.15, -0.1) is 0 Å². The van der Waals surface area contributed by atoms with Crippen molar-refractivity contribution in [2.75, 3.05) is 0 Å². The molecule has 0 aromatic carbocycles. The minimum atomic E-state index is -1.74. The average Bonchev–Trinajstić information content (AvgIpc) is 2.59. The van der Waals surface area contributed by atoms with Gasteiger partial charge in [-0.3, -0.25) is 19.7 Å². The zero-order valence-electron chi connectivity index (χ0n) is 16.0. The van der Waals surface area contributed by atoms with Crippen LogP contribution in [0.3, 0.4) is 0 Å². The Labute approximate surface area is 158 Å². The Morgan fingerprint density at radius 2 is 1.74 bits per heavy atom. The lowest BCUT2D eigenvalue weighted by Gasteiger charge is -2.47.